The molecule has 1 heterocycles. The Kier molecular flexibility index (Phi) is 7.78. The number of carbonyl (C=O) groups excluding carboxylic acids is 1. The van der Waals surface area contributed by atoms with Crippen LogP contribution in [0.3, 0.4) is 0 Å². The standard InChI is InChI=1S/C38H34O4/c1-3-41-38(40)35-25(2)21-33-36(31(35)20-19-26-13-7-4-8-14-26)37(39)34(42-33)24-30-22-29(27-15-9-5-10-16-27)23-32(30)28-17-11-6-12-18-28/h4-18,21-24,29,31,39H,3,19-20H2,1-2H3. The fourth-order valence-electron chi connectivity index (χ4n) is 6.09. The van der Waals surface area contributed by atoms with Gasteiger partial charge < -0.3 is 14.3 Å². The van der Waals surface area contributed by atoms with Gasteiger partial charge in [-0.2, -0.15) is 0 Å². The highest BCUT2D eigenvalue weighted by Crippen LogP contribution is 2.39. The van der Waals surface area contributed by atoms with Crippen LogP contribution in [0.15, 0.2) is 124 Å². The van der Waals surface area contributed by atoms with Gasteiger partial charge in [0, 0.05) is 23.0 Å². The molecule has 42 heavy (non-hydrogen) atoms. The first-order valence-corrected chi connectivity index (χ1v) is 14.5. The van der Waals surface area contributed by atoms with Crippen molar-refractivity contribution in [3.05, 3.63) is 153 Å². The van der Waals surface area contributed by atoms with Crippen LogP contribution in [0.25, 0.3) is 17.7 Å². The predicted molar refractivity (Wildman–Crippen MR) is 167 cm³/mol. The Morgan fingerprint density at radius 1 is 0.929 bits per heavy atom. The van der Waals surface area contributed by atoms with Gasteiger partial charge in [0.05, 0.1) is 6.61 Å². The lowest BCUT2D eigenvalue weighted by Gasteiger charge is -2.23. The van der Waals surface area contributed by atoms with E-state index in [0.29, 0.717) is 28.4 Å². The summed E-state index contributed by atoms with van der Waals surface area (Å²) in [7, 11) is 0. The molecule has 2 aliphatic rings. The largest absolute Gasteiger partial charge is 0.504 e. The molecular weight excluding hydrogens is 520 g/mol. The highest BCUT2D eigenvalue weighted by atomic mass is 16.5. The molecule has 4 heteroatoms. The second-order valence-corrected chi connectivity index (χ2v) is 10.8. The summed E-state index contributed by atoms with van der Waals surface area (Å²) < 4.78 is 11.8. The Labute approximate surface area is 246 Å². The first kappa shape index (κ1) is 27.3. The minimum Gasteiger partial charge on any atom is -0.504 e. The number of hydrogen-bond acceptors (Lipinski definition) is 4. The smallest absolute Gasteiger partial charge is 0.334 e. The van der Waals surface area contributed by atoms with Gasteiger partial charge in [0.2, 0.25) is 0 Å². The molecule has 0 saturated carbocycles. The van der Waals surface area contributed by atoms with E-state index in [1.807, 2.05) is 68.5 Å². The Morgan fingerprint density at radius 3 is 2.29 bits per heavy atom. The lowest BCUT2D eigenvalue weighted by molar-refractivity contribution is -0.138. The zero-order valence-electron chi connectivity index (χ0n) is 23.9. The van der Waals surface area contributed by atoms with Crippen molar-refractivity contribution in [3.8, 4) is 5.75 Å². The average molecular weight is 555 g/mol. The van der Waals surface area contributed by atoms with E-state index in [0.717, 1.165) is 28.7 Å². The lowest BCUT2D eigenvalue weighted by atomic mass is 9.81. The number of allylic oxidation sites excluding steroid dienone is 5. The molecule has 1 aromatic heterocycles. The van der Waals surface area contributed by atoms with E-state index < -0.39 is 0 Å². The van der Waals surface area contributed by atoms with Gasteiger partial charge in [-0.1, -0.05) is 103 Å². The maximum absolute atomic E-state index is 13.2. The van der Waals surface area contributed by atoms with Crippen molar-refractivity contribution in [1.82, 2.24) is 0 Å². The second kappa shape index (κ2) is 12.0. The van der Waals surface area contributed by atoms with Gasteiger partial charge in [-0.3, -0.25) is 0 Å². The number of aromatic hydroxyl groups is 1. The fraction of sp³-hybridized carbons (Fsp3) is 0.184. The number of esters is 1. The number of furan rings is 1. The molecule has 2 unspecified atom stereocenters. The summed E-state index contributed by atoms with van der Waals surface area (Å²) >= 11 is 0. The third-order valence-electron chi connectivity index (χ3n) is 8.08. The molecular formula is C38H34O4. The molecule has 0 amide bonds. The van der Waals surface area contributed by atoms with Gasteiger partial charge in [-0.25, -0.2) is 4.79 Å². The van der Waals surface area contributed by atoms with E-state index in [-0.39, 0.29) is 30.2 Å². The zero-order chi connectivity index (χ0) is 29.1. The number of carbonyl (C=O) groups is 1. The van der Waals surface area contributed by atoms with Gasteiger partial charge in [0.1, 0.15) is 5.42 Å². The molecule has 0 spiro atoms. The quantitative estimate of drug-likeness (QED) is 0.239. The van der Waals surface area contributed by atoms with Gasteiger partial charge in [0.15, 0.2) is 11.2 Å². The summed E-state index contributed by atoms with van der Waals surface area (Å²) in [6.45, 7) is 4.01. The van der Waals surface area contributed by atoms with Crippen molar-refractivity contribution in [2.45, 2.75) is 38.5 Å². The third kappa shape index (κ3) is 5.40. The van der Waals surface area contributed by atoms with Gasteiger partial charge in [0.25, 0.3) is 0 Å². The van der Waals surface area contributed by atoms with Gasteiger partial charge in [-0.05, 0) is 72.3 Å². The maximum Gasteiger partial charge on any atom is 0.334 e. The van der Waals surface area contributed by atoms with Crippen molar-refractivity contribution < 1.29 is 19.1 Å². The van der Waals surface area contributed by atoms with Crippen LogP contribution in [-0.2, 0) is 16.0 Å². The van der Waals surface area contributed by atoms with Crippen LogP contribution in [0.1, 0.15) is 54.4 Å². The Morgan fingerprint density at radius 2 is 1.60 bits per heavy atom. The molecule has 210 valence electrons. The summed E-state index contributed by atoms with van der Waals surface area (Å²) in [5.41, 5.74) is 8.54. The molecule has 0 saturated heterocycles. The highest BCUT2D eigenvalue weighted by Gasteiger charge is 2.33. The number of fused-ring (bicyclic) bond motifs is 1. The molecule has 6 rings (SSSR count). The third-order valence-corrected chi connectivity index (χ3v) is 8.08. The number of aryl methyl sites for hydroxylation is 1. The summed E-state index contributed by atoms with van der Waals surface area (Å²) in [6.07, 6.45) is 9.63. The van der Waals surface area contributed by atoms with Crippen molar-refractivity contribution in [3.63, 3.8) is 0 Å². The summed E-state index contributed by atoms with van der Waals surface area (Å²) in [4.78, 5) is 13.2. The summed E-state index contributed by atoms with van der Waals surface area (Å²) in [5.74, 6) is -0.525. The van der Waals surface area contributed by atoms with Crippen molar-refractivity contribution >= 4 is 23.7 Å². The van der Waals surface area contributed by atoms with E-state index in [9.17, 15) is 9.90 Å². The SMILES string of the molecule is CCOC(=O)C1=C(C)C=c2oc(=CC3=CC(c4ccccc4)C=C3c3ccccc3)c(O)c2C1CCc1ccccc1. The molecule has 1 N–H and O–H groups in total. The van der Waals surface area contributed by atoms with Crippen LogP contribution < -0.4 is 10.8 Å². The van der Waals surface area contributed by atoms with Crippen LogP contribution in [0.5, 0.6) is 5.75 Å². The Hall–Kier alpha value is -4.83. The number of rotatable bonds is 8. The number of hydrogen-bond donors (Lipinski definition) is 1. The highest BCUT2D eigenvalue weighted by molar-refractivity contribution is 5.94. The molecule has 3 aromatic carbocycles. The Balaban J connectivity index is 1.44. The van der Waals surface area contributed by atoms with Crippen molar-refractivity contribution in [1.29, 1.82) is 0 Å². The summed E-state index contributed by atoms with van der Waals surface area (Å²) in [5, 5.41) is 11.7. The average Bonchev–Trinajstić information content (AvgIpc) is 3.58. The second-order valence-electron chi connectivity index (χ2n) is 10.8. The van der Waals surface area contributed by atoms with Crippen LogP contribution >= 0.6 is 0 Å². The molecule has 0 radical (unpaired) electrons. The van der Waals surface area contributed by atoms with Gasteiger partial charge >= 0.3 is 5.97 Å². The predicted octanol–water partition coefficient (Wildman–Crippen LogP) is 6.96. The monoisotopic (exact) mass is 554 g/mol. The first-order chi connectivity index (χ1) is 20.5. The Bertz CT molecular complexity index is 1810. The van der Waals surface area contributed by atoms with E-state index >= 15 is 0 Å². The molecule has 4 aromatic rings. The van der Waals surface area contributed by atoms with E-state index in [1.165, 1.54) is 11.1 Å². The molecule has 4 nitrogen and oxygen atoms in total. The number of benzene rings is 3. The molecule has 0 fully saturated rings. The lowest BCUT2D eigenvalue weighted by Crippen LogP contribution is -2.24. The van der Waals surface area contributed by atoms with E-state index in [4.69, 9.17) is 9.15 Å². The molecule has 0 bridgehead atoms. The van der Waals surface area contributed by atoms with E-state index in [1.54, 1.807) is 0 Å². The zero-order valence-corrected chi connectivity index (χ0v) is 23.9. The minimum atomic E-state index is -0.353. The van der Waals surface area contributed by atoms with Crippen LogP contribution in [0, 0.1) is 0 Å². The van der Waals surface area contributed by atoms with Crippen LogP contribution in [0.4, 0.5) is 0 Å². The minimum absolute atomic E-state index is 0.0742. The number of ether oxygens (including phenoxy) is 1. The topological polar surface area (TPSA) is 59.7 Å². The van der Waals surface area contributed by atoms with Crippen molar-refractivity contribution in [2.75, 3.05) is 6.61 Å². The van der Waals surface area contributed by atoms with E-state index in [2.05, 4.69) is 60.7 Å². The summed E-state index contributed by atoms with van der Waals surface area (Å²) in [6, 6.07) is 30.8. The van der Waals surface area contributed by atoms with Gasteiger partial charge in [-0.15, -0.1) is 0 Å². The first-order valence-electron chi connectivity index (χ1n) is 14.5. The van der Waals surface area contributed by atoms with Crippen LogP contribution in [0.2, 0.25) is 0 Å². The molecule has 2 aliphatic carbocycles. The maximum atomic E-state index is 13.2. The normalized spacial score (nSPS) is 18.3. The fourth-order valence-corrected chi connectivity index (χ4v) is 6.09. The van der Waals surface area contributed by atoms with Crippen LogP contribution in [-0.4, -0.2) is 17.7 Å². The molecule has 0 aliphatic heterocycles. The van der Waals surface area contributed by atoms with Crippen molar-refractivity contribution in [2.24, 2.45) is 0 Å². The molecule has 2 atom stereocenters.